The van der Waals surface area contributed by atoms with E-state index in [0.717, 1.165) is 12.8 Å². The van der Waals surface area contributed by atoms with Gasteiger partial charge in [0.05, 0.1) is 11.4 Å². The van der Waals surface area contributed by atoms with E-state index in [0.29, 0.717) is 16.5 Å². The number of aliphatic imine (C=N–C) groups is 1. The number of thiophene rings is 1. The van der Waals surface area contributed by atoms with Crippen molar-refractivity contribution in [1.82, 2.24) is 0 Å². The van der Waals surface area contributed by atoms with Gasteiger partial charge in [-0.15, -0.1) is 17.9 Å². The van der Waals surface area contributed by atoms with Gasteiger partial charge < -0.3 is 17.6 Å². The molecule has 0 aromatic carbocycles. The van der Waals surface area contributed by atoms with Crippen molar-refractivity contribution in [2.24, 2.45) is 4.99 Å². The van der Waals surface area contributed by atoms with Crippen molar-refractivity contribution in [3.63, 3.8) is 0 Å². The summed E-state index contributed by atoms with van der Waals surface area (Å²) in [5, 5.41) is 2.28. The molecule has 0 radical (unpaired) electrons. The van der Waals surface area contributed by atoms with E-state index in [1.54, 1.807) is 6.08 Å². The van der Waals surface area contributed by atoms with Crippen molar-refractivity contribution in [1.29, 1.82) is 0 Å². The van der Waals surface area contributed by atoms with Crippen LogP contribution < -0.4 is 4.57 Å². The first-order valence-corrected chi connectivity index (χ1v) is 8.85. The topological polar surface area (TPSA) is 33.3 Å². The number of ketones is 1. The van der Waals surface area contributed by atoms with Crippen molar-refractivity contribution in [3.8, 4) is 0 Å². The van der Waals surface area contributed by atoms with Gasteiger partial charge in [-0.2, -0.15) is 4.57 Å². The highest BCUT2D eigenvalue weighted by Crippen LogP contribution is 2.16. The molecule has 0 bridgehead atoms. The van der Waals surface area contributed by atoms with E-state index in [4.69, 9.17) is 12.6 Å². The monoisotopic (exact) mass is 344 g/mol. The Bertz CT molecular complexity index is 676. The number of pyridine rings is 1. The number of aromatic nitrogens is 1. The lowest BCUT2D eigenvalue weighted by Crippen LogP contribution is -2.47. The minimum absolute atomic E-state index is 0.0222. The highest BCUT2D eigenvalue weighted by molar-refractivity contribution is 7.77. The number of Topliss-reactive ketones (excluding diaryl/α,β-unsaturated/α-hetero) is 1. The van der Waals surface area contributed by atoms with Gasteiger partial charge >= 0.3 is 0 Å². The Morgan fingerprint density at radius 1 is 1.43 bits per heavy atom. The first-order chi connectivity index (χ1) is 11.2. The first kappa shape index (κ1) is 17.5. The van der Waals surface area contributed by atoms with Gasteiger partial charge in [-0.25, -0.2) is 0 Å². The van der Waals surface area contributed by atoms with Gasteiger partial charge in [-0.05, 0) is 28.5 Å². The largest absolute Gasteiger partial charge is 0.758 e. The van der Waals surface area contributed by atoms with Crippen LogP contribution in [0.25, 0.3) is 0 Å². The zero-order valence-corrected chi connectivity index (χ0v) is 14.8. The second-order valence-corrected chi connectivity index (χ2v) is 6.48. The Morgan fingerprint density at radius 3 is 2.74 bits per heavy atom. The number of carbonyl (C=O) groups is 1. The number of nitrogens with zero attached hydrogens (tertiary/aromatic N) is 2. The lowest BCUT2D eigenvalue weighted by atomic mass is 10.1. The third-order valence-electron chi connectivity index (χ3n) is 3.38. The van der Waals surface area contributed by atoms with Crippen molar-refractivity contribution in [2.75, 3.05) is 6.54 Å². The predicted molar refractivity (Wildman–Crippen MR) is 98.2 cm³/mol. The summed E-state index contributed by atoms with van der Waals surface area (Å²) in [5.74, 6) is -0.0222. The summed E-state index contributed by atoms with van der Waals surface area (Å²) in [7, 11) is 0. The van der Waals surface area contributed by atoms with E-state index in [-0.39, 0.29) is 5.78 Å². The fraction of sp³-hybridized carbons (Fsp3) is 0.278. The van der Waals surface area contributed by atoms with Crippen molar-refractivity contribution < 1.29 is 9.36 Å². The van der Waals surface area contributed by atoms with E-state index in [9.17, 15) is 4.79 Å². The Morgan fingerprint density at radius 2 is 2.17 bits per heavy atom. The third kappa shape index (κ3) is 4.56. The second kappa shape index (κ2) is 8.70. The summed E-state index contributed by atoms with van der Waals surface area (Å²) in [6.45, 7) is 6.21. The lowest BCUT2D eigenvalue weighted by molar-refractivity contribution is -0.691. The molecule has 2 heterocycles. The lowest BCUT2D eigenvalue weighted by Gasteiger charge is -2.18. The summed E-state index contributed by atoms with van der Waals surface area (Å²) in [6, 6.07) is 7.18. The van der Waals surface area contributed by atoms with Gasteiger partial charge in [0.1, 0.15) is 0 Å². The van der Waals surface area contributed by atoms with Gasteiger partial charge in [-0.1, -0.05) is 25.5 Å². The van der Waals surface area contributed by atoms with E-state index in [2.05, 4.69) is 18.5 Å². The zero-order valence-electron chi connectivity index (χ0n) is 13.1. The summed E-state index contributed by atoms with van der Waals surface area (Å²) < 4.78 is 1.84. The Balaban J connectivity index is 2.36. The van der Waals surface area contributed by atoms with Crippen molar-refractivity contribution >= 4 is 34.8 Å². The average molecular weight is 345 g/mol. The zero-order chi connectivity index (χ0) is 16.7. The molecule has 0 N–H and O–H groups in total. The molecule has 0 fully saturated rings. The minimum Gasteiger partial charge on any atom is -0.758 e. The third-order valence-corrected chi connectivity index (χ3v) is 4.62. The average Bonchev–Trinajstić information content (AvgIpc) is 3.09. The van der Waals surface area contributed by atoms with E-state index in [1.807, 2.05) is 46.6 Å². The molecule has 0 spiro atoms. The van der Waals surface area contributed by atoms with Crippen LogP contribution in [0, 0.1) is 0 Å². The maximum atomic E-state index is 12.8. The highest BCUT2D eigenvalue weighted by Gasteiger charge is 2.28. The molecular formula is C18H20N2OS2. The Labute approximate surface area is 146 Å². The maximum absolute atomic E-state index is 12.8. The molecule has 0 saturated heterocycles. The molecule has 5 heteroatoms. The van der Waals surface area contributed by atoms with Crippen LogP contribution >= 0.6 is 11.3 Å². The minimum atomic E-state index is -0.584. The van der Waals surface area contributed by atoms with Crippen LogP contribution in [0.2, 0.25) is 0 Å². The molecule has 2 rings (SSSR count). The van der Waals surface area contributed by atoms with Crippen LogP contribution in [0.4, 0.5) is 0 Å². The number of carbonyl (C=O) groups excluding carboxylic acids is 1. The quantitative estimate of drug-likeness (QED) is 0.183. The Kier molecular flexibility index (Phi) is 6.62. The standard InChI is InChI=1S/C18H20N2OS2/c1-3-6-14-8-11-20(12-9-14)16(18(22)19-10-4-2)17(21)15-7-5-13-23-15/h4-5,7-9,11-13,16H,2-3,6,10H2,1H3/t16-/m1/s1. The summed E-state index contributed by atoms with van der Waals surface area (Å²) >= 11 is 6.83. The summed E-state index contributed by atoms with van der Waals surface area (Å²) in [5.41, 5.74) is 1.25. The first-order valence-electron chi connectivity index (χ1n) is 7.57. The van der Waals surface area contributed by atoms with Crippen LogP contribution in [0.15, 0.2) is 59.7 Å². The highest BCUT2D eigenvalue weighted by atomic mass is 32.1. The predicted octanol–water partition coefficient (Wildman–Crippen LogP) is 3.54. The van der Waals surface area contributed by atoms with Gasteiger partial charge in [0, 0.05) is 12.1 Å². The van der Waals surface area contributed by atoms with Crippen LogP contribution in [-0.4, -0.2) is 17.4 Å². The molecule has 2 aromatic rings. The van der Waals surface area contributed by atoms with E-state index >= 15 is 0 Å². The fourth-order valence-corrected chi connectivity index (χ4v) is 3.26. The molecule has 0 amide bonds. The molecule has 0 unspecified atom stereocenters. The van der Waals surface area contributed by atoms with Crippen molar-refractivity contribution in [2.45, 2.75) is 25.8 Å². The molecule has 1 atom stereocenters. The molecule has 23 heavy (non-hydrogen) atoms. The smallest absolute Gasteiger partial charge is 0.244 e. The number of aryl methyl sites for hydroxylation is 1. The molecule has 3 nitrogen and oxygen atoms in total. The number of hydrogen-bond donors (Lipinski definition) is 0. The van der Waals surface area contributed by atoms with Gasteiger partial charge in [0.15, 0.2) is 12.4 Å². The van der Waals surface area contributed by atoms with Crippen LogP contribution in [0.1, 0.15) is 34.6 Å². The van der Waals surface area contributed by atoms with E-state index in [1.165, 1.54) is 16.9 Å². The summed E-state index contributed by atoms with van der Waals surface area (Å²) in [4.78, 5) is 17.8. The molecule has 0 saturated carbocycles. The summed E-state index contributed by atoms with van der Waals surface area (Å²) in [6.07, 6.45) is 7.62. The molecule has 0 aliphatic rings. The van der Waals surface area contributed by atoms with Crippen LogP contribution in [-0.2, 0) is 19.0 Å². The maximum Gasteiger partial charge on any atom is 0.244 e. The second-order valence-electron chi connectivity index (χ2n) is 5.12. The van der Waals surface area contributed by atoms with E-state index < -0.39 is 6.04 Å². The van der Waals surface area contributed by atoms with Gasteiger partial charge in [0.25, 0.3) is 0 Å². The van der Waals surface area contributed by atoms with Crippen LogP contribution in [0.5, 0.6) is 0 Å². The molecular weight excluding hydrogens is 324 g/mol. The molecule has 2 aromatic heterocycles. The fourth-order valence-electron chi connectivity index (χ4n) is 2.27. The number of hydrogen-bond acceptors (Lipinski definition) is 4. The number of rotatable bonds is 8. The van der Waals surface area contributed by atoms with Gasteiger partial charge in [-0.3, -0.25) is 4.79 Å². The Hall–Kier alpha value is -1.85. The van der Waals surface area contributed by atoms with Gasteiger partial charge in [0.2, 0.25) is 11.8 Å². The van der Waals surface area contributed by atoms with Crippen LogP contribution in [0.3, 0.4) is 0 Å². The molecule has 0 aliphatic carbocycles. The molecule has 0 aliphatic heterocycles. The molecule has 120 valence electrons. The van der Waals surface area contributed by atoms with Crippen molar-refractivity contribution in [3.05, 3.63) is 65.1 Å². The normalized spacial score (nSPS) is 12.8. The SMILES string of the molecule is C=CCN=C([S-])[C@@H](C(=O)c1cccs1)[n+]1ccc(CCC)cc1.